The summed E-state index contributed by atoms with van der Waals surface area (Å²) in [5.41, 5.74) is 2.00. The summed E-state index contributed by atoms with van der Waals surface area (Å²) in [6.07, 6.45) is 3.77. The van der Waals surface area contributed by atoms with Crippen LogP contribution < -0.4 is 5.32 Å². The zero-order valence-corrected chi connectivity index (χ0v) is 13.2. The number of aliphatic hydroxyl groups excluding tert-OH is 1. The zero-order chi connectivity index (χ0) is 17.2. The first-order chi connectivity index (χ1) is 11.7. The van der Waals surface area contributed by atoms with Gasteiger partial charge in [-0.3, -0.25) is 4.79 Å². The number of carbonyl (C=O) groups is 1. The third kappa shape index (κ3) is 5.95. The van der Waals surface area contributed by atoms with Crippen molar-refractivity contribution in [3.8, 4) is 0 Å². The number of aliphatic hydroxyl groups is 1. The first-order valence-corrected chi connectivity index (χ1v) is 7.63. The lowest BCUT2D eigenvalue weighted by Crippen LogP contribution is -2.27. The van der Waals surface area contributed by atoms with Gasteiger partial charge in [0.05, 0.1) is 13.2 Å². The Morgan fingerprint density at radius 3 is 2.75 bits per heavy atom. The third-order valence-electron chi connectivity index (χ3n) is 3.33. The molecule has 0 aromatic heterocycles. The van der Waals surface area contributed by atoms with E-state index in [9.17, 15) is 9.18 Å². The minimum atomic E-state index is -0.457. The van der Waals surface area contributed by atoms with Crippen molar-refractivity contribution < 1.29 is 19.0 Å². The largest absolute Gasteiger partial charge is 0.392 e. The fourth-order valence-corrected chi connectivity index (χ4v) is 2.08. The van der Waals surface area contributed by atoms with Crippen LogP contribution in [0.4, 0.5) is 4.39 Å². The highest BCUT2D eigenvalue weighted by Crippen LogP contribution is 2.10. The molecule has 2 aromatic carbocycles. The summed E-state index contributed by atoms with van der Waals surface area (Å²) in [6.45, 7) is 0.181. The first-order valence-electron chi connectivity index (χ1n) is 7.63. The number of hydrogen-bond acceptors (Lipinski definition) is 3. The maximum atomic E-state index is 13.3. The van der Waals surface area contributed by atoms with Gasteiger partial charge in [-0.1, -0.05) is 48.6 Å². The van der Waals surface area contributed by atoms with Gasteiger partial charge in [0.2, 0.25) is 5.91 Å². The van der Waals surface area contributed by atoms with Gasteiger partial charge in [-0.25, -0.2) is 4.39 Å². The maximum absolute atomic E-state index is 13.3. The summed E-state index contributed by atoms with van der Waals surface area (Å²) in [5, 5.41) is 11.7. The van der Waals surface area contributed by atoms with Crippen LogP contribution in [0.5, 0.6) is 0 Å². The number of benzene rings is 2. The molecule has 5 heteroatoms. The Balaban J connectivity index is 1.67. The smallest absolute Gasteiger partial charge is 0.246 e. The van der Waals surface area contributed by atoms with Gasteiger partial charge in [0.15, 0.2) is 0 Å². The highest BCUT2D eigenvalue weighted by Gasteiger charge is 2.04. The molecule has 0 aliphatic heterocycles. The SMILES string of the molecule is O=C(COC/C=C/c1ccccc1)NCc1ccc(F)c(CO)c1. The molecular formula is C19H20FNO3. The second-order valence-corrected chi connectivity index (χ2v) is 5.19. The van der Waals surface area contributed by atoms with Crippen LogP contribution in [-0.2, 0) is 22.7 Å². The zero-order valence-electron chi connectivity index (χ0n) is 13.2. The number of carbonyl (C=O) groups excluding carboxylic acids is 1. The molecule has 0 heterocycles. The van der Waals surface area contributed by atoms with Crippen molar-refractivity contribution in [1.82, 2.24) is 5.32 Å². The number of halogens is 1. The monoisotopic (exact) mass is 329 g/mol. The lowest BCUT2D eigenvalue weighted by atomic mass is 10.1. The summed E-state index contributed by atoms with van der Waals surface area (Å²) < 4.78 is 18.5. The maximum Gasteiger partial charge on any atom is 0.246 e. The van der Waals surface area contributed by atoms with E-state index in [1.165, 1.54) is 12.1 Å². The Morgan fingerprint density at radius 2 is 2.00 bits per heavy atom. The lowest BCUT2D eigenvalue weighted by molar-refractivity contribution is -0.125. The van der Waals surface area contributed by atoms with E-state index in [2.05, 4.69) is 5.32 Å². The highest BCUT2D eigenvalue weighted by atomic mass is 19.1. The molecule has 0 aliphatic rings. The standard InChI is InChI=1S/C19H20FNO3/c20-18-9-8-16(11-17(18)13-22)12-21-19(23)14-24-10-4-7-15-5-2-1-3-6-15/h1-9,11,22H,10,12-14H2,(H,21,23)/b7-4+. The molecule has 1 amide bonds. The second-order valence-electron chi connectivity index (χ2n) is 5.19. The fourth-order valence-electron chi connectivity index (χ4n) is 2.08. The molecule has 2 N–H and O–H groups in total. The van der Waals surface area contributed by atoms with Crippen LogP contribution in [-0.4, -0.2) is 24.2 Å². The molecule has 0 atom stereocenters. The van der Waals surface area contributed by atoms with Crippen molar-refractivity contribution in [1.29, 1.82) is 0 Å². The van der Waals surface area contributed by atoms with E-state index in [0.29, 0.717) is 6.61 Å². The van der Waals surface area contributed by atoms with Crippen molar-refractivity contribution in [2.24, 2.45) is 0 Å². The van der Waals surface area contributed by atoms with E-state index in [4.69, 9.17) is 9.84 Å². The molecule has 2 rings (SSSR count). The van der Waals surface area contributed by atoms with E-state index in [1.54, 1.807) is 6.07 Å². The van der Waals surface area contributed by atoms with Crippen LogP contribution in [0.25, 0.3) is 6.08 Å². The number of nitrogens with one attached hydrogen (secondary N) is 1. The molecule has 0 unspecified atom stereocenters. The molecule has 0 saturated carbocycles. The molecule has 0 fully saturated rings. The third-order valence-corrected chi connectivity index (χ3v) is 3.33. The topological polar surface area (TPSA) is 58.6 Å². The molecule has 0 saturated heterocycles. The van der Waals surface area contributed by atoms with E-state index in [-0.39, 0.29) is 31.2 Å². The Labute approximate surface area is 140 Å². The summed E-state index contributed by atoms with van der Waals surface area (Å²) in [5.74, 6) is -0.709. The highest BCUT2D eigenvalue weighted by molar-refractivity contribution is 5.77. The van der Waals surface area contributed by atoms with Crippen LogP contribution >= 0.6 is 0 Å². The molecule has 126 valence electrons. The Hall–Kier alpha value is -2.50. The van der Waals surface area contributed by atoms with E-state index in [0.717, 1.165) is 11.1 Å². The average Bonchev–Trinajstić information content (AvgIpc) is 2.61. The van der Waals surface area contributed by atoms with Gasteiger partial charge in [-0.05, 0) is 23.3 Å². The Morgan fingerprint density at radius 1 is 1.21 bits per heavy atom. The van der Waals surface area contributed by atoms with Crippen molar-refractivity contribution in [2.45, 2.75) is 13.2 Å². The van der Waals surface area contributed by atoms with Gasteiger partial charge in [-0.15, -0.1) is 0 Å². The van der Waals surface area contributed by atoms with Crippen LogP contribution in [0.1, 0.15) is 16.7 Å². The normalized spacial score (nSPS) is 10.9. The number of rotatable bonds is 8. The van der Waals surface area contributed by atoms with Gasteiger partial charge in [0, 0.05) is 12.1 Å². The van der Waals surface area contributed by atoms with Crippen LogP contribution in [0.2, 0.25) is 0 Å². The molecule has 2 aromatic rings. The molecule has 0 aliphatic carbocycles. The molecule has 0 bridgehead atoms. The summed E-state index contributed by atoms with van der Waals surface area (Å²) >= 11 is 0. The van der Waals surface area contributed by atoms with Crippen molar-refractivity contribution in [2.75, 3.05) is 13.2 Å². The van der Waals surface area contributed by atoms with Crippen LogP contribution in [0.3, 0.4) is 0 Å². The van der Waals surface area contributed by atoms with Crippen LogP contribution in [0.15, 0.2) is 54.6 Å². The minimum Gasteiger partial charge on any atom is -0.392 e. The Kier molecular flexibility index (Phi) is 7.14. The lowest BCUT2D eigenvalue weighted by Gasteiger charge is -2.07. The van der Waals surface area contributed by atoms with Gasteiger partial charge in [0.1, 0.15) is 12.4 Å². The molecule has 0 radical (unpaired) electrons. The predicted molar refractivity (Wildman–Crippen MR) is 90.5 cm³/mol. The molecule has 0 spiro atoms. The molecule has 4 nitrogen and oxygen atoms in total. The fraction of sp³-hybridized carbons (Fsp3) is 0.211. The Bertz CT molecular complexity index is 686. The van der Waals surface area contributed by atoms with Gasteiger partial charge in [0.25, 0.3) is 0 Å². The van der Waals surface area contributed by atoms with E-state index >= 15 is 0 Å². The molecule has 24 heavy (non-hydrogen) atoms. The summed E-state index contributed by atoms with van der Waals surface area (Å²) in [7, 11) is 0. The average molecular weight is 329 g/mol. The van der Waals surface area contributed by atoms with Gasteiger partial charge >= 0.3 is 0 Å². The molecular weight excluding hydrogens is 309 g/mol. The number of amides is 1. The van der Waals surface area contributed by atoms with Crippen LogP contribution in [0, 0.1) is 5.82 Å². The van der Waals surface area contributed by atoms with E-state index < -0.39 is 5.82 Å². The van der Waals surface area contributed by atoms with Gasteiger partial charge < -0.3 is 15.2 Å². The predicted octanol–water partition coefficient (Wildman–Crippen LogP) is 2.66. The number of ether oxygens (including phenoxy) is 1. The number of hydrogen-bond donors (Lipinski definition) is 2. The summed E-state index contributed by atoms with van der Waals surface area (Å²) in [4.78, 5) is 11.7. The van der Waals surface area contributed by atoms with Gasteiger partial charge in [-0.2, -0.15) is 0 Å². The van der Waals surface area contributed by atoms with Crippen molar-refractivity contribution in [3.05, 3.63) is 77.1 Å². The van der Waals surface area contributed by atoms with E-state index in [1.807, 2.05) is 42.5 Å². The second kappa shape index (κ2) is 9.60. The first kappa shape index (κ1) is 17.8. The quantitative estimate of drug-likeness (QED) is 0.732. The van der Waals surface area contributed by atoms with Crippen molar-refractivity contribution in [3.63, 3.8) is 0 Å². The van der Waals surface area contributed by atoms with Crippen molar-refractivity contribution >= 4 is 12.0 Å². The summed E-state index contributed by atoms with van der Waals surface area (Å²) in [6, 6.07) is 14.2. The minimum absolute atomic E-state index is 0.0484.